The number of aromatic nitrogens is 2. The zero-order valence-corrected chi connectivity index (χ0v) is 17.9. The third kappa shape index (κ3) is 4.73. The molecule has 6 nitrogen and oxygen atoms in total. The van der Waals surface area contributed by atoms with Crippen LogP contribution >= 0.6 is 11.8 Å². The number of hydrogen-bond donors (Lipinski definition) is 0. The lowest BCUT2D eigenvalue weighted by Crippen LogP contribution is -2.01. The lowest BCUT2D eigenvalue weighted by molar-refractivity contribution is -0.384. The van der Waals surface area contributed by atoms with E-state index in [9.17, 15) is 10.1 Å². The number of pyridine rings is 1. The number of non-ortho nitro benzene ring substituents is 1. The molecule has 0 saturated carbocycles. The van der Waals surface area contributed by atoms with Gasteiger partial charge in [-0.25, -0.2) is 4.98 Å². The number of aryl methyl sites for hydroxylation is 1. The minimum atomic E-state index is -0.394. The molecule has 0 N–H and O–H groups in total. The van der Waals surface area contributed by atoms with Gasteiger partial charge in [0.1, 0.15) is 5.82 Å². The Morgan fingerprint density at radius 3 is 2.29 bits per heavy atom. The van der Waals surface area contributed by atoms with Crippen molar-refractivity contribution in [2.45, 2.75) is 23.6 Å². The van der Waals surface area contributed by atoms with Crippen molar-refractivity contribution in [1.82, 2.24) is 9.55 Å². The first-order valence-electron chi connectivity index (χ1n) is 9.68. The summed E-state index contributed by atoms with van der Waals surface area (Å²) in [5, 5.41) is 10.8. The number of nitro groups is 1. The summed E-state index contributed by atoms with van der Waals surface area (Å²) >= 11 is 1.55. The number of benzene rings is 2. The normalized spacial score (nSPS) is 11.2. The van der Waals surface area contributed by atoms with Crippen molar-refractivity contribution in [2.24, 2.45) is 4.99 Å². The highest BCUT2D eigenvalue weighted by Gasteiger charge is 2.10. The van der Waals surface area contributed by atoms with E-state index in [0.29, 0.717) is 0 Å². The van der Waals surface area contributed by atoms with Crippen LogP contribution in [0.1, 0.15) is 17.0 Å². The second-order valence-electron chi connectivity index (χ2n) is 6.95. The molecule has 2 heterocycles. The van der Waals surface area contributed by atoms with Crippen molar-refractivity contribution >= 4 is 29.4 Å². The molecule has 4 aromatic rings. The van der Waals surface area contributed by atoms with E-state index in [-0.39, 0.29) is 5.69 Å². The van der Waals surface area contributed by atoms with E-state index >= 15 is 0 Å². The van der Waals surface area contributed by atoms with E-state index in [1.165, 1.54) is 12.1 Å². The minimum Gasteiger partial charge on any atom is -0.303 e. The average Bonchev–Trinajstić information content (AvgIpc) is 3.07. The molecule has 0 bridgehead atoms. The predicted molar refractivity (Wildman–Crippen MR) is 124 cm³/mol. The molecule has 2 aromatic heterocycles. The maximum Gasteiger partial charge on any atom is 0.269 e. The maximum atomic E-state index is 10.8. The Kier molecular flexibility index (Phi) is 5.95. The van der Waals surface area contributed by atoms with Gasteiger partial charge in [0.2, 0.25) is 0 Å². The number of aliphatic imine (C=N–C) groups is 1. The standard InChI is InChI=1S/C24H20N4O2S/c1-17-15-19(18(2)27(17)24-5-3-4-14-25-24)16-26-20-6-10-22(11-7-20)31-23-12-8-21(9-13-23)28(29)30/h3-16H,1-2H3. The van der Waals surface area contributed by atoms with Gasteiger partial charge in [0.15, 0.2) is 0 Å². The van der Waals surface area contributed by atoms with Gasteiger partial charge in [-0.15, -0.1) is 0 Å². The van der Waals surface area contributed by atoms with Crippen LogP contribution in [-0.4, -0.2) is 20.7 Å². The van der Waals surface area contributed by atoms with Crippen LogP contribution in [0.5, 0.6) is 0 Å². The second kappa shape index (κ2) is 8.97. The van der Waals surface area contributed by atoms with Crippen molar-refractivity contribution < 1.29 is 4.92 Å². The fourth-order valence-corrected chi connectivity index (χ4v) is 4.09. The largest absolute Gasteiger partial charge is 0.303 e. The van der Waals surface area contributed by atoms with E-state index in [1.54, 1.807) is 30.1 Å². The highest BCUT2D eigenvalue weighted by molar-refractivity contribution is 7.99. The van der Waals surface area contributed by atoms with Crippen LogP contribution in [0.2, 0.25) is 0 Å². The molecule has 31 heavy (non-hydrogen) atoms. The van der Waals surface area contributed by atoms with Crippen LogP contribution in [0.3, 0.4) is 0 Å². The van der Waals surface area contributed by atoms with Gasteiger partial charge in [-0.2, -0.15) is 0 Å². The van der Waals surface area contributed by atoms with E-state index in [4.69, 9.17) is 0 Å². The Balaban J connectivity index is 1.47. The summed E-state index contributed by atoms with van der Waals surface area (Å²) in [6, 6.07) is 22.4. The molecule has 0 aliphatic carbocycles. The van der Waals surface area contributed by atoms with E-state index < -0.39 is 4.92 Å². The first-order chi connectivity index (χ1) is 15.0. The summed E-state index contributed by atoms with van der Waals surface area (Å²) in [6.07, 6.45) is 3.67. The average molecular weight is 429 g/mol. The lowest BCUT2D eigenvalue weighted by atomic mass is 10.2. The van der Waals surface area contributed by atoms with Gasteiger partial charge in [-0.3, -0.25) is 15.1 Å². The molecule has 0 amide bonds. The number of nitrogens with zero attached hydrogens (tertiary/aromatic N) is 4. The van der Waals surface area contributed by atoms with Crippen molar-refractivity contribution in [3.8, 4) is 5.82 Å². The Labute approximate surface area is 184 Å². The molecule has 0 saturated heterocycles. The van der Waals surface area contributed by atoms with Gasteiger partial charge >= 0.3 is 0 Å². The van der Waals surface area contributed by atoms with Crippen LogP contribution in [-0.2, 0) is 0 Å². The molecule has 0 spiro atoms. The van der Waals surface area contributed by atoms with E-state index in [2.05, 4.69) is 34.5 Å². The van der Waals surface area contributed by atoms with Crippen molar-refractivity contribution in [3.05, 3.63) is 106 Å². The molecule has 0 atom stereocenters. The van der Waals surface area contributed by atoms with Crippen LogP contribution in [0.15, 0.2) is 93.8 Å². The minimum absolute atomic E-state index is 0.0939. The van der Waals surface area contributed by atoms with Crippen molar-refractivity contribution in [3.63, 3.8) is 0 Å². The molecule has 154 valence electrons. The summed E-state index contributed by atoms with van der Waals surface area (Å²) in [4.78, 5) is 21.4. The molecular weight excluding hydrogens is 408 g/mol. The van der Waals surface area contributed by atoms with Crippen LogP contribution in [0, 0.1) is 24.0 Å². The first-order valence-corrected chi connectivity index (χ1v) is 10.5. The third-order valence-electron chi connectivity index (χ3n) is 4.82. The Bertz CT molecular complexity index is 1230. The predicted octanol–water partition coefficient (Wildman–Crippen LogP) is 6.30. The molecule has 2 aromatic carbocycles. The fraction of sp³-hybridized carbons (Fsp3) is 0.0833. The summed E-state index contributed by atoms with van der Waals surface area (Å²) in [5.41, 5.74) is 4.19. The molecule has 7 heteroatoms. The lowest BCUT2D eigenvalue weighted by Gasteiger charge is -2.07. The Morgan fingerprint density at radius 1 is 1.00 bits per heavy atom. The first kappa shape index (κ1) is 20.6. The molecule has 0 fully saturated rings. The Morgan fingerprint density at radius 2 is 1.68 bits per heavy atom. The zero-order chi connectivity index (χ0) is 21.8. The van der Waals surface area contributed by atoms with Gasteiger partial charge < -0.3 is 4.57 Å². The molecule has 0 aliphatic rings. The number of nitro benzene ring substituents is 1. The van der Waals surface area contributed by atoms with Crippen LogP contribution < -0.4 is 0 Å². The van der Waals surface area contributed by atoms with Crippen LogP contribution in [0.4, 0.5) is 11.4 Å². The topological polar surface area (TPSA) is 73.3 Å². The van der Waals surface area contributed by atoms with Crippen LogP contribution in [0.25, 0.3) is 5.82 Å². The van der Waals surface area contributed by atoms with Gasteiger partial charge in [-0.1, -0.05) is 17.8 Å². The smallest absolute Gasteiger partial charge is 0.269 e. The molecule has 4 rings (SSSR count). The molecule has 0 unspecified atom stereocenters. The summed E-state index contributed by atoms with van der Waals surface area (Å²) in [6.45, 7) is 4.12. The van der Waals surface area contributed by atoms with E-state index in [0.717, 1.165) is 38.2 Å². The summed E-state index contributed by atoms with van der Waals surface area (Å²) < 4.78 is 2.12. The number of hydrogen-bond acceptors (Lipinski definition) is 5. The third-order valence-corrected chi connectivity index (χ3v) is 5.84. The SMILES string of the molecule is Cc1cc(C=Nc2ccc(Sc3ccc([N+](=O)[O-])cc3)cc2)c(C)n1-c1ccccn1. The van der Waals surface area contributed by atoms with Gasteiger partial charge in [-0.05, 0) is 68.4 Å². The monoisotopic (exact) mass is 428 g/mol. The molecule has 0 aliphatic heterocycles. The quantitative estimate of drug-likeness (QED) is 0.205. The molecular formula is C24H20N4O2S. The molecule has 0 radical (unpaired) electrons. The van der Waals surface area contributed by atoms with E-state index in [1.807, 2.05) is 48.7 Å². The maximum absolute atomic E-state index is 10.8. The summed E-state index contributed by atoms with van der Waals surface area (Å²) in [7, 11) is 0. The highest BCUT2D eigenvalue weighted by Crippen LogP contribution is 2.30. The number of rotatable bonds is 6. The zero-order valence-electron chi connectivity index (χ0n) is 17.1. The van der Waals surface area contributed by atoms with Gasteiger partial charge in [0.05, 0.1) is 10.6 Å². The van der Waals surface area contributed by atoms with Gasteiger partial charge in [0.25, 0.3) is 5.69 Å². The highest BCUT2D eigenvalue weighted by atomic mass is 32.2. The second-order valence-corrected chi connectivity index (χ2v) is 8.10. The Hall–Kier alpha value is -3.71. The van der Waals surface area contributed by atoms with Crippen molar-refractivity contribution in [2.75, 3.05) is 0 Å². The fourth-order valence-electron chi connectivity index (χ4n) is 3.27. The summed E-state index contributed by atoms with van der Waals surface area (Å²) in [5.74, 6) is 0.893. The van der Waals surface area contributed by atoms with Crippen molar-refractivity contribution in [1.29, 1.82) is 0 Å². The van der Waals surface area contributed by atoms with Gasteiger partial charge in [0, 0.05) is 51.3 Å².